The van der Waals surface area contributed by atoms with Crippen LogP contribution in [0.5, 0.6) is 0 Å². The lowest BCUT2D eigenvalue weighted by molar-refractivity contribution is -0.108. The number of benzene rings is 1. The Morgan fingerprint density at radius 1 is 1.22 bits per heavy atom. The molecule has 5 rings (SSSR count). The number of nitrogens with one attached hydrogen (secondary N) is 2. The van der Waals surface area contributed by atoms with E-state index in [4.69, 9.17) is 17.3 Å². The summed E-state index contributed by atoms with van der Waals surface area (Å²) >= 11 is 5.83. The maximum absolute atomic E-state index is 13.5. The van der Waals surface area contributed by atoms with E-state index in [2.05, 4.69) is 15.7 Å². The van der Waals surface area contributed by atoms with Crippen LogP contribution in [0.4, 0.5) is 29.5 Å². The number of nitrogens with zero attached hydrogens (tertiary/aromatic N) is 3. The zero-order valence-electron chi connectivity index (χ0n) is 19.7. The lowest BCUT2D eigenvalue weighted by Crippen LogP contribution is -2.46. The molecule has 1 aromatic carbocycles. The highest BCUT2D eigenvalue weighted by atomic mass is 35.5. The van der Waals surface area contributed by atoms with E-state index in [9.17, 15) is 22.8 Å². The zero-order valence-corrected chi connectivity index (χ0v) is 20.5. The summed E-state index contributed by atoms with van der Waals surface area (Å²) in [5, 5.41) is 9.95. The van der Waals surface area contributed by atoms with Gasteiger partial charge in [-0.2, -0.15) is 5.10 Å². The Morgan fingerprint density at radius 3 is 2.50 bits per heavy atom. The van der Waals surface area contributed by atoms with Crippen molar-refractivity contribution in [1.82, 2.24) is 20.0 Å². The Kier molecular flexibility index (Phi) is 6.30. The van der Waals surface area contributed by atoms with Crippen LogP contribution < -0.4 is 16.4 Å². The molecule has 12 heteroatoms. The van der Waals surface area contributed by atoms with Crippen molar-refractivity contribution in [2.24, 2.45) is 24.8 Å². The van der Waals surface area contributed by atoms with Gasteiger partial charge < -0.3 is 21.3 Å². The summed E-state index contributed by atoms with van der Waals surface area (Å²) < 4.78 is 41.0. The minimum Gasteiger partial charge on any atom is -0.383 e. The largest absolute Gasteiger partial charge is 0.383 e. The van der Waals surface area contributed by atoms with Crippen LogP contribution in [0.1, 0.15) is 47.7 Å². The monoisotopic (exact) mass is 524 g/mol. The Balaban J connectivity index is 1.21. The maximum atomic E-state index is 13.5. The third-order valence-electron chi connectivity index (χ3n) is 7.66. The molecule has 2 aliphatic carbocycles. The van der Waals surface area contributed by atoms with Crippen LogP contribution in [0.25, 0.3) is 0 Å². The number of carbonyl (C=O) groups excluding carboxylic acids is 2. The molecular weight excluding hydrogens is 497 g/mol. The number of anilines is 2. The van der Waals surface area contributed by atoms with Crippen molar-refractivity contribution in [2.45, 2.75) is 37.5 Å². The molecule has 2 atom stereocenters. The molecule has 2 saturated carbocycles. The van der Waals surface area contributed by atoms with Gasteiger partial charge in [0.05, 0.1) is 10.7 Å². The quantitative estimate of drug-likeness (QED) is 0.544. The van der Waals surface area contributed by atoms with Gasteiger partial charge >= 0.3 is 6.03 Å². The number of aromatic nitrogens is 2. The Morgan fingerprint density at radius 2 is 1.89 bits per heavy atom. The molecule has 2 unspecified atom stereocenters. The molecule has 1 aliphatic heterocycles. The molecule has 3 fully saturated rings. The summed E-state index contributed by atoms with van der Waals surface area (Å²) in [6.07, 6.45) is 1.17. The Labute approximate surface area is 211 Å². The maximum Gasteiger partial charge on any atom is 0.317 e. The minimum absolute atomic E-state index is 0.00322. The molecule has 36 heavy (non-hydrogen) atoms. The van der Waals surface area contributed by atoms with Crippen LogP contribution in [0, 0.1) is 23.6 Å². The van der Waals surface area contributed by atoms with Gasteiger partial charge in [0.1, 0.15) is 17.2 Å². The molecule has 0 radical (unpaired) electrons. The summed E-state index contributed by atoms with van der Waals surface area (Å²) in [6.45, 7) is 1.42. The summed E-state index contributed by atoms with van der Waals surface area (Å²) in [6, 6.07) is 3.71. The van der Waals surface area contributed by atoms with Gasteiger partial charge in [-0.25, -0.2) is 18.0 Å². The van der Waals surface area contributed by atoms with Gasteiger partial charge in [-0.05, 0) is 48.8 Å². The number of hydrogen-bond acceptors (Lipinski definition) is 4. The van der Waals surface area contributed by atoms with Crippen molar-refractivity contribution >= 4 is 35.0 Å². The number of amides is 3. The second-order valence-corrected chi connectivity index (χ2v) is 10.7. The fraction of sp³-hybridized carbons (Fsp3) is 0.542. The number of nitrogen functional groups attached to an aromatic ring is 1. The fourth-order valence-electron chi connectivity index (χ4n) is 5.81. The van der Waals surface area contributed by atoms with E-state index in [0.29, 0.717) is 24.5 Å². The molecule has 1 saturated heterocycles. The molecule has 0 bridgehead atoms. The number of halogens is 4. The van der Waals surface area contributed by atoms with E-state index >= 15 is 0 Å². The molecule has 3 aliphatic rings. The summed E-state index contributed by atoms with van der Waals surface area (Å²) in [4.78, 5) is 27.4. The van der Waals surface area contributed by atoms with E-state index in [1.807, 2.05) is 0 Å². The minimum atomic E-state index is -2.59. The normalized spacial score (nSPS) is 24.9. The topological polar surface area (TPSA) is 105 Å². The number of rotatable bonds is 5. The predicted octanol–water partition coefficient (Wildman–Crippen LogP) is 4.23. The average Bonchev–Trinajstić information content (AvgIpc) is 3.45. The third kappa shape index (κ3) is 4.72. The van der Waals surface area contributed by atoms with Gasteiger partial charge in [0, 0.05) is 51.1 Å². The van der Waals surface area contributed by atoms with Crippen LogP contribution in [-0.4, -0.2) is 52.2 Å². The SMILES string of the molecule is Cn1nc(C2CC3CN(C(=O)NCC4CC(F)(F)C4)CC3C2)c(C(=O)Nc2ccc(F)c(Cl)c2)c1N. The van der Waals surface area contributed by atoms with Crippen LogP contribution in [0.15, 0.2) is 18.2 Å². The standard InChI is InChI=1S/C24H28ClF3N6O2/c1-33-21(29)19(22(35)31-16-2-3-18(26)17(25)6-16)20(32-33)13-4-14-10-34(11-15(14)5-13)23(36)30-9-12-7-24(27,28)8-12/h2-3,6,12-15H,4-5,7-11,29H2,1H3,(H,30,36)(H,31,35). The van der Waals surface area contributed by atoms with E-state index in [1.165, 1.54) is 22.9 Å². The smallest absolute Gasteiger partial charge is 0.317 e. The van der Waals surface area contributed by atoms with Gasteiger partial charge in [-0.3, -0.25) is 9.48 Å². The fourth-order valence-corrected chi connectivity index (χ4v) is 5.99. The summed E-state index contributed by atoms with van der Waals surface area (Å²) in [7, 11) is 1.67. The number of carbonyl (C=O) groups is 2. The number of hydrogen-bond donors (Lipinski definition) is 3. The molecule has 0 spiro atoms. The molecule has 2 aromatic rings. The predicted molar refractivity (Wildman–Crippen MR) is 129 cm³/mol. The lowest BCUT2D eigenvalue weighted by Gasteiger charge is -2.35. The number of urea groups is 1. The van der Waals surface area contributed by atoms with Gasteiger partial charge in [0.15, 0.2) is 0 Å². The van der Waals surface area contributed by atoms with Crippen molar-refractivity contribution in [2.75, 3.05) is 30.7 Å². The molecule has 4 N–H and O–H groups in total. The van der Waals surface area contributed by atoms with Crippen LogP contribution in [0.3, 0.4) is 0 Å². The Bertz CT molecular complexity index is 1180. The molecule has 8 nitrogen and oxygen atoms in total. The first-order valence-corrected chi connectivity index (χ1v) is 12.4. The third-order valence-corrected chi connectivity index (χ3v) is 7.95. The van der Waals surface area contributed by atoms with Crippen molar-refractivity contribution in [3.8, 4) is 0 Å². The van der Waals surface area contributed by atoms with Gasteiger partial charge in [0.25, 0.3) is 5.91 Å². The zero-order chi connectivity index (χ0) is 25.8. The van der Waals surface area contributed by atoms with E-state index < -0.39 is 17.6 Å². The van der Waals surface area contributed by atoms with Crippen molar-refractivity contribution < 1.29 is 22.8 Å². The first-order valence-electron chi connectivity index (χ1n) is 12.0. The molecule has 194 valence electrons. The Hall–Kier alpha value is -2.95. The van der Waals surface area contributed by atoms with Crippen LogP contribution in [0.2, 0.25) is 5.02 Å². The molecule has 2 heterocycles. The number of aryl methyl sites for hydroxylation is 1. The second kappa shape index (κ2) is 9.17. The lowest BCUT2D eigenvalue weighted by atomic mass is 9.81. The average molecular weight is 525 g/mol. The van der Waals surface area contributed by atoms with Crippen LogP contribution >= 0.6 is 11.6 Å². The highest BCUT2D eigenvalue weighted by Crippen LogP contribution is 2.47. The van der Waals surface area contributed by atoms with E-state index in [0.717, 1.165) is 12.8 Å². The number of alkyl halides is 2. The van der Waals surface area contributed by atoms with Gasteiger partial charge in [-0.1, -0.05) is 11.6 Å². The molecule has 3 amide bonds. The van der Waals surface area contributed by atoms with Gasteiger partial charge in [-0.15, -0.1) is 0 Å². The summed E-state index contributed by atoms with van der Waals surface area (Å²) in [5.41, 5.74) is 7.43. The number of likely N-dealkylation sites (tertiary alicyclic amines) is 1. The number of fused-ring (bicyclic) bond motifs is 1. The molecule has 1 aromatic heterocycles. The number of nitrogens with two attached hydrogens (primary N) is 1. The van der Waals surface area contributed by atoms with Gasteiger partial charge in [0.2, 0.25) is 5.92 Å². The van der Waals surface area contributed by atoms with Crippen molar-refractivity contribution in [3.05, 3.63) is 40.3 Å². The summed E-state index contributed by atoms with van der Waals surface area (Å²) in [5.74, 6) is -3.04. The van der Waals surface area contributed by atoms with Crippen molar-refractivity contribution in [3.63, 3.8) is 0 Å². The van der Waals surface area contributed by atoms with Crippen molar-refractivity contribution in [1.29, 1.82) is 0 Å². The highest BCUT2D eigenvalue weighted by Gasteiger charge is 2.47. The van der Waals surface area contributed by atoms with E-state index in [-0.39, 0.29) is 65.5 Å². The second-order valence-electron chi connectivity index (χ2n) is 10.3. The first kappa shape index (κ1) is 24.7. The van der Waals surface area contributed by atoms with E-state index in [1.54, 1.807) is 11.9 Å². The van der Waals surface area contributed by atoms with Crippen LogP contribution in [-0.2, 0) is 7.05 Å². The first-order chi connectivity index (χ1) is 17.0. The molecular formula is C24H28ClF3N6O2. The highest BCUT2D eigenvalue weighted by molar-refractivity contribution is 6.31.